The van der Waals surface area contributed by atoms with E-state index in [-0.39, 0.29) is 12.5 Å². The molecule has 0 aliphatic heterocycles. The van der Waals surface area contributed by atoms with Crippen LogP contribution in [0.25, 0.3) is 0 Å². The number of rotatable bonds is 9. The van der Waals surface area contributed by atoms with Crippen LogP contribution >= 0.6 is 39.1 Å². The topological polar surface area (TPSA) is 86.8 Å². The number of carbonyl (C=O) groups is 2. The van der Waals surface area contributed by atoms with Crippen LogP contribution < -0.4 is 9.62 Å². The summed E-state index contributed by atoms with van der Waals surface area (Å²) in [6.07, 6.45) is 1.37. The van der Waals surface area contributed by atoms with Crippen molar-refractivity contribution in [3.8, 4) is 0 Å². The molecule has 0 aliphatic carbocycles. The molecule has 0 aromatic heterocycles. The van der Waals surface area contributed by atoms with Crippen LogP contribution in [0, 0.1) is 0 Å². The van der Waals surface area contributed by atoms with Crippen molar-refractivity contribution in [2.45, 2.75) is 25.9 Å². The van der Waals surface area contributed by atoms with E-state index in [0.29, 0.717) is 27.7 Å². The molecule has 7 nitrogen and oxygen atoms in total. The Labute approximate surface area is 206 Å². The molecule has 0 bridgehead atoms. The molecule has 2 aromatic rings. The zero-order chi connectivity index (χ0) is 24.1. The molecule has 0 radical (unpaired) electrons. The van der Waals surface area contributed by atoms with Gasteiger partial charge < -0.3 is 10.2 Å². The van der Waals surface area contributed by atoms with Gasteiger partial charge in [0.25, 0.3) is 0 Å². The Kier molecular flexibility index (Phi) is 9.39. The molecule has 1 atom stereocenters. The van der Waals surface area contributed by atoms with Gasteiger partial charge in [-0.05, 0) is 48.4 Å². The molecule has 174 valence electrons. The van der Waals surface area contributed by atoms with Crippen LogP contribution in [0.4, 0.5) is 5.69 Å². The lowest BCUT2D eigenvalue weighted by molar-refractivity contribution is -0.140. The second kappa shape index (κ2) is 11.4. The first-order chi connectivity index (χ1) is 15.0. The van der Waals surface area contributed by atoms with E-state index in [2.05, 4.69) is 21.2 Å². The largest absolute Gasteiger partial charge is 0.357 e. The van der Waals surface area contributed by atoms with Crippen LogP contribution in [0.2, 0.25) is 10.0 Å². The van der Waals surface area contributed by atoms with Crippen molar-refractivity contribution >= 4 is 66.7 Å². The second-order valence-corrected chi connectivity index (χ2v) is 10.7. The fraction of sp³-hybridized carbons (Fsp3) is 0.333. The molecule has 0 spiro atoms. The maximum Gasteiger partial charge on any atom is 0.244 e. The molecule has 0 heterocycles. The van der Waals surface area contributed by atoms with Gasteiger partial charge in [0.2, 0.25) is 21.8 Å². The summed E-state index contributed by atoms with van der Waals surface area (Å²) < 4.78 is 26.7. The SMILES string of the molecule is CC[C@H](C(=O)NC)N(Cc1ccc(Cl)c(Cl)c1)C(=O)CN(c1ccc(Br)cc1)S(C)(=O)=O. The Morgan fingerprint density at radius 1 is 1.09 bits per heavy atom. The Hall–Kier alpha value is -1.81. The van der Waals surface area contributed by atoms with Crippen molar-refractivity contribution < 1.29 is 18.0 Å². The number of benzene rings is 2. The van der Waals surface area contributed by atoms with Crippen molar-refractivity contribution in [2.75, 3.05) is 24.2 Å². The number of nitrogens with one attached hydrogen (secondary N) is 1. The van der Waals surface area contributed by atoms with E-state index in [9.17, 15) is 18.0 Å². The van der Waals surface area contributed by atoms with Gasteiger partial charge in [0.1, 0.15) is 12.6 Å². The average molecular weight is 565 g/mol. The van der Waals surface area contributed by atoms with Gasteiger partial charge in [0.05, 0.1) is 22.0 Å². The van der Waals surface area contributed by atoms with Gasteiger partial charge in [-0.15, -0.1) is 0 Å². The summed E-state index contributed by atoms with van der Waals surface area (Å²) in [6.45, 7) is 1.37. The summed E-state index contributed by atoms with van der Waals surface area (Å²) in [7, 11) is -2.29. The Balaban J connectivity index is 2.43. The van der Waals surface area contributed by atoms with Gasteiger partial charge in [-0.25, -0.2) is 8.42 Å². The summed E-state index contributed by atoms with van der Waals surface area (Å²) in [5.74, 6) is -0.879. The van der Waals surface area contributed by atoms with E-state index >= 15 is 0 Å². The number of sulfonamides is 1. The maximum absolute atomic E-state index is 13.4. The lowest BCUT2D eigenvalue weighted by Crippen LogP contribution is -2.51. The van der Waals surface area contributed by atoms with Gasteiger partial charge in [0, 0.05) is 18.1 Å². The van der Waals surface area contributed by atoms with Crippen molar-refractivity contribution in [3.63, 3.8) is 0 Å². The smallest absolute Gasteiger partial charge is 0.244 e. The highest BCUT2D eigenvalue weighted by Crippen LogP contribution is 2.25. The van der Waals surface area contributed by atoms with Crippen molar-refractivity contribution in [2.24, 2.45) is 0 Å². The minimum atomic E-state index is -3.77. The lowest BCUT2D eigenvalue weighted by atomic mass is 10.1. The zero-order valence-electron chi connectivity index (χ0n) is 17.8. The summed E-state index contributed by atoms with van der Waals surface area (Å²) in [4.78, 5) is 27.2. The van der Waals surface area contributed by atoms with Crippen LogP contribution in [0.15, 0.2) is 46.9 Å². The van der Waals surface area contributed by atoms with Gasteiger partial charge in [-0.3, -0.25) is 13.9 Å². The number of carbonyl (C=O) groups excluding carboxylic acids is 2. The van der Waals surface area contributed by atoms with Gasteiger partial charge in [-0.2, -0.15) is 0 Å². The lowest BCUT2D eigenvalue weighted by Gasteiger charge is -2.32. The predicted octanol–water partition coefficient (Wildman–Crippen LogP) is 4.08. The minimum Gasteiger partial charge on any atom is -0.357 e. The van der Waals surface area contributed by atoms with Crippen molar-refractivity contribution in [1.82, 2.24) is 10.2 Å². The third kappa shape index (κ3) is 6.84. The first-order valence-corrected chi connectivity index (χ1v) is 13.1. The molecule has 2 amide bonds. The zero-order valence-corrected chi connectivity index (χ0v) is 21.7. The third-order valence-corrected chi connectivity index (χ3v) is 7.17. The molecule has 0 saturated carbocycles. The summed E-state index contributed by atoms with van der Waals surface area (Å²) in [6, 6.07) is 10.7. The summed E-state index contributed by atoms with van der Waals surface area (Å²) in [5.41, 5.74) is 0.996. The fourth-order valence-corrected chi connectivity index (χ4v) is 4.58. The molecule has 32 heavy (non-hydrogen) atoms. The predicted molar refractivity (Wildman–Crippen MR) is 131 cm³/mol. The molecule has 1 N–H and O–H groups in total. The van der Waals surface area contributed by atoms with Crippen LogP contribution in [0.5, 0.6) is 0 Å². The van der Waals surface area contributed by atoms with Crippen LogP contribution in [-0.4, -0.2) is 51.0 Å². The van der Waals surface area contributed by atoms with Gasteiger partial charge >= 0.3 is 0 Å². The van der Waals surface area contributed by atoms with E-state index in [1.165, 1.54) is 11.9 Å². The van der Waals surface area contributed by atoms with Gasteiger partial charge in [-0.1, -0.05) is 52.1 Å². The number of likely N-dealkylation sites (N-methyl/N-ethyl adjacent to an activating group) is 1. The molecule has 0 unspecified atom stereocenters. The molecule has 0 saturated heterocycles. The van der Waals surface area contributed by atoms with E-state index in [1.54, 1.807) is 49.4 Å². The van der Waals surface area contributed by atoms with E-state index in [0.717, 1.165) is 15.0 Å². The maximum atomic E-state index is 13.4. The number of amides is 2. The Morgan fingerprint density at radius 2 is 1.72 bits per heavy atom. The van der Waals surface area contributed by atoms with Crippen molar-refractivity contribution in [1.29, 1.82) is 0 Å². The first-order valence-electron chi connectivity index (χ1n) is 9.66. The highest BCUT2D eigenvalue weighted by molar-refractivity contribution is 9.10. The average Bonchev–Trinajstić information content (AvgIpc) is 2.74. The minimum absolute atomic E-state index is 0.0551. The molecule has 0 aliphatic rings. The van der Waals surface area contributed by atoms with Crippen molar-refractivity contribution in [3.05, 3.63) is 62.5 Å². The van der Waals surface area contributed by atoms with E-state index in [1.807, 2.05) is 0 Å². The van der Waals surface area contributed by atoms with E-state index in [4.69, 9.17) is 23.2 Å². The third-order valence-electron chi connectivity index (χ3n) is 4.76. The molecule has 2 rings (SSSR count). The molecule has 2 aromatic carbocycles. The normalized spacial score (nSPS) is 12.2. The number of anilines is 1. The monoisotopic (exact) mass is 563 g/mol. The fourth-order valence-electron chi connectivity index (χ4n) is 3.14. The Morgan fingerprint density at radius 3 is 2.22 bits per heavy atom. The quantitative estimate of drug-likeness (QED) is 0.497. The summed E-state index contributed by atoms with van der Waals surface area (Å²) >= 11 is 15.4. The highest BCUT2D eigenvalue weighted by atomic mass is 79.9. The highest BCUT2D eigenvalue weighted by Gasteiger charge is 2.31. The van der Waals surface area contributed by atoms with Crippen LogP contribution in [0.1, 0.15) is 18.9 Å². The number of halogens is 3. The first kappa shape index (κ1) is 26.4. The standard InChI is InChI=1S/C21H24BrCl2N3O4S/c1-4-19(21(29)25-2)26(12-14-5-10-17(23)18(24)11-14)20(28)13-27(32(3,30)31)16-8-6-15(22)7-9-16/h5-11,19H,4,12-13H2,1-3H3,(H,25,29)/t19-/m1/s1. The Bertz CT molecular complexity index is 1080. The molecular weight excluding hydrogens is 541 g/mol. The van der Waals surface area contributed by atoms with Crippen LogP contribution in [0.3, 0.4) is 0 Å². The molecule has 0 fully saturated rings. The second-order valence-electron chi connectivity index (χ2n) is 7.05. The number of hydrogen-bond donors (Lipinski definition) is 1. The van der Waals surface area contributed by atoms with Crippen LogP contribution in [-0.2, 0) is 26.2 Å². The molecule has 11 heteroatoms. The van der Waals surface area contributed by atoms with Gasteiger partial charge in [0.15, 0.2) is 0 Å². The number of hydrogen-bond acceptors (Lipinski definition) is 4. The summed E-state index contributed by atoms with van der Waals surface area (Å²) in [5, 5.41) is 3.24. The number of nitrogens with zero attached hydrogens (tertiary/aromatic N) is 2. The van der Waals surface area contributed by atoms with E-state index < -0.39 is 28.5 Å². The molecular formula is C21H24BrCl2N3O4S.